The third-order valence-electron chi connectivity index (χ3n) is 2.96. The summed E-state index contributed by atoms with van der Waals surface area (Å²) in [4.78, 5) is 4.11. The Hall–Kier alpha value is -2.04. The molecular formula is C13H15N3O2. The van der Waals surface area contributed by atoms with E-state index in [1.165, 1.54) is 12.0 Å². The number of rotatable bonds is 3. The lowest BCUT2D eigenvalue weighted by Crippen LogP contribution is -2.13. The largest absolute Gasteiger partial charge is 0.482 e. The van der Waals surface area contributed by atoms with E-state index < -0.39 is 0 Å². The molecule has 1 aliphatic rings. The molecule has 2 aromatic rings. The molecule has 0 spiro atoms. The number of aryl methyl sites for hydroxylation is 2. The third-order valence-corrected chi connectivity index (χ3v) is 2.96. The third kappa shape index (κ3) is 2.16. The second-order valence-corrected chi connectivity index (χ2v) is 4.34. The van der Waals surface area contributed by atoms with E-state index in [1.807, 2.05) is 12.1 Å². The molecule has 1 N–H and O–H groups in total. The van der Waals surface area contributed by atoms with Gasteiger partial charge in [0, 0.05) is 6.54 Å². The summed E-state index contributed by atoms with van der Waals surface area (Å²) in [6.07, 6.45) is 2.26. The fraction of sp³-hybridized carbons (Fsp3) is 0.385. The van der Waals surface area contributed by atoms with E-state index in [4.69, 9.17) is 9.26 Å². The minimum atomic E-state index is 0.305. The molecule has 0 aliphatic carbocycles. The number of benzene rings is 1. The molecule has 0 bridgehead atoms. The van der Waals surface area contributed by atoms with Crippen LogP contribution in [0.15, 0.2) is 22.7 Å². The second kappa shape index (κ2) is 4.68. The fourth-order valence-electron chi connectivity index (χ4n) is 2.14. The average molecular weight is 245 g/mol. The van der Waals surface area contributed by atoms with Gasteiger partial charge in [-0.05, 0) is 31.4 Å². The molecule has 1 aliphatic heterocycles. The van der Waals surface area contributed by atoms with E-state index in [-0.39, 0.29) is 0 Å². The first kappa shape index (κ1) is 11.1. The van der Waals surface area contributed by atoms with Gasteiger partial charge in [0.05, 0.1) is 5.69 Å². The predicted molar refractivity (Wildman–Crippen MR) is 66.6 cm³/mol. The van der Waals surface area contributed by atoms with Crippen molar-refractivity contribution in [2.24, 2.45) is 0 Å². The molecule has 1 aromatic carbocycles. The van der Waals surface area contributed by atoms with Crippen LogP contribution in [0.25, 0.3) is 0 Å². The van der Waals surface area contributed by atoms with Gasteiger partial charge in [0.1, 0.15) is 5.75 Å². The molecule has 5 heteroatoms. The minimum absolute atomic E-state index is 0.305. The summed E-state index contributed by atoms with van der Waals surface area (Å²) in [7, 11) is 0. The van der Waals surface area contributed by atoms with Crippen LogP contribution in [-0.2, 0) is 13.0 Å². The highest BCUT2D eigenvalue weighted by Gasteiger charge is 2.14. The average Bonchev–Trinajstić information content (AvgIpc) is 2.82. The summed E-state index contributed by atoms with van der Waals surface area (Å²) in [5, 5.41) is 7.12. The Morgan fingerprint density at radius 3 is 3.22 bits per heavy atom. The number of ether oxygens (including phenoxy) is 1. The number of fused-ring (bicyclic) bond motifs is 1. The lowest BCUT2D eigenvalue weighted by molar-refractivity contribution is 0.243. The maximum atomic E-state index is 5.75. The Bertz CT molecular complexity index is 551. The number of nitrogens with one attached hydrogen (secondary N) is 1. The van der Waals surface area contributed by atoms with E-state index >= 15 is 0 Å². The van der Waals surface area contributed by atoms with Gasteiger partial charge < -0.3 is 14.6 Å². The normalized spacial score (nSPS) is 13.8. The van der Waals surface area contributed by atoms with Crippen molar-refractivity contribution in [2.75, 3.05) is 11.9 Å². The van der Waals surface area contributed by atoms with Gasteiger partial charge in [0.25, 0.3) is 5.89 Å². The summed E-state index contributed by atoms with van der Waals surface area (Å²) in [6.45, 7) is 3.09. The van der Waals surface area contributed by atoms with Crippen LogP contribution >= 0.6 is 0 Å². The highest BCUT2D eigenvalue weighted by atomic mass is 16.5. The van der Waals surface area contributed by atoms with Gasteiger partial charge in [-0.2, -0.15) is 4.98 Å². The first-order valence-electron chi connectivity index (χ1n) is 6.10. The lowest BCUT2D eigenvalue weighted by atomic mass is 10.0. The maximum absolute atomic E-state index is 5.75. The molecule has 5 nitrogen and oxygen atoms in total. The molecule has 0 fully saturated rings. The van der Waals surface area contributed by atoms with Gasteiger partial charge in [-0.15, -0.1) is 0 Å². The summed E-state index contributed by atoms with van der Waals surface area (Å²) in [5.41, 5.74) is 2.40. The molecule has 0 atom stereocenters. The number of nitrogens with zero attached hydrogens (tertiary/aromatic N) is 2. The Balaban J connectivity index is 1.76. The van der Waals surface area contributed by atoms with Crippen molar-refractivity contribution in [3.63, 3.8) is 0 Å². The van der Waals surface area contributed by atoms with Crippen LogP contribution in [-0.4, -0.2) is 16.7 Å². The molecule has 0 amide bonds. The van der Waals surface area contributed by atoms with Gasteiger partial charge in [0.2, 0.25) is 0 Å². The number of hydrogen-bond acceptors (Lipinski definition) is 5. The van der Waals surface area contributed by atoms with Crippen molar-refractivity contribution in [3.05, 3.63) is 35.5 Å². The first-order valence-corrected chi connectivity index (χ1v) is 6.10. The zero-order chi connectivity index (χ0) is 12.4. The van der Waals surface area contributed by atoms with Gasteiger partial charge in [-0.1, -0.05) is 17.3 Å². The van der Waals surface area contributed by atoms with Gasteiger partial charge in [-0.25, -0.2) is 0 Å². The van der Waals surface area contributed by atoms with Crippen molar-refractivity contribution in [2.45, 2.75) is 26.4 Å². The highest BCUT2D eigenvalue weighted by molar-refractivity contribution is 5.63. The summed E-state index contributed by atoms with van der Waals surface area (Å²) >= 11 is 0. The second-order valence-electron chi connectivity index (χ2n) is 4.34. The molecule has 1 aromatic heterocycles. The van der Waals surface area contributed by atoms with Crippen molar-refractivity contribution >= 4 is 5.69 Å². The molecule has 0 saturated heterocycles. The van der Waals surface area contributed by atoms with Crippen LogP contribution in [0.4, 0.5) is 5.69 Å². The van der Waals surface area contributed by atoms with Crippen LogP contribution in [0.2, 0.25) is 0 Å². The van der Waals surface area contributed by atoms with Crippen LogP contribution < -0.4 is 10.1 Å². The van der Waals surface area contributed by atoms with Crippen molar-refractivity contribution in [1.29, 1.82) is 0 Å². The number of hydrogen-bond donors (Lipinski definition) is 1. The lowest BCUT2D eigenvalue weighted by Gasteiger charge is -2.20. The zero-order valence-corrected chi connectivity index (χ0v) is 10.3. The number of para-hydroxylation sites is 1. The molecular weight excluding hydrogens is 230 g/mol. The summed E-state index contributed by atoms with van der Waals surface area (Å²) in [5.74, 6) is 1.98. The Morgan fingerprint density at radius 1 is 1.44 bits per heavy atom. The first-order chi connectivity index (χ1) is 8.83. The molecule has 3 rings (SSSR count). The van der Waals surface area contributed by atoms with Crippen LogP contribution in [0.5, 0.6) is 5.75 Å². The van der Waals surface area contributed by atoms with E-state index in [2.05, 4.69) is 21.5 Å². The van der Waals surface area contributed by atoms with Crippen molar-refractivity contribution < 1.29 is 9.26 Å². The SMILES string of the molecule is Cc1noc(COc2cccc3c2NCCC3)n1. The summed E-state index contributed by atoms with van der Waals surface area (Å²) in [6, 6.07) is 6.10. The molecule has 18 heavy (non-hydrogen) atoms. The van der Waals surface area contributed by atoms with Crippen LogP contribution in [0.3, 0.4) is 0 Å². The quantitative estimate of drug-likeness (QED) is 0.899. The summed E-state index contributed by atoms with van der Waals surface area (Å²) < 4.78 is 10.8. The highest BCUT2D eigenvalue weighted by Crippen LogP contribution is 2.32. The standard InChI is InChI=1S/C13H15N3O2/c1-9-15-12(18-16-9)8-17-11-6-2-4-10-5-3-7-14-13(10)11/h2,4,6,14H,3,5,7-8H2,1H3. The monoisotopic (exact) mass is 245 g/mol. The number of aromatic nitrogens is 2. The van der Waals surface area contributed by atoms with Crippen LogP contribution in [0.1, 0.15) is 23.7 Å². The topological polar surface area (TPSA) is 60.2 Å². The minimum Gasteiger partial charge on any atom is -0.482 e. The molecule has 94 valence electrons. The Morgan fingerprint density at radius 2 is 2.39 bits per heavy atom. The van der Waals surface area contributed by atoms with E-state index in [9.17, 15) is 0 Å². The smallest absolute Gasteiger partial charge is 0.264 e. The van der Waals surface area contributed by atoms with E-state index in [0.29, 0.717) is 18.3 Å². The predicted octanol–water partition coefficient (Wildman–Crippen LogP) is 2.32. The Kier molecular flexibility index (Phi) is 2.88. The molecule has 0 unspecified atom stereocenters. The van der Waals surface area contributed by atoms with Crippen LogP contribution in [0, 0.1) is 6.92 Å². The van der Waals surface area contributed by atoms with Crippen molar-refractivity contribution in [3.8, 4) is 5.75 Å². The van der Waals surface area contributed by atoms with Gasteiger partial charge in [0.15, 0.2) is 12.4 Å². The Labute approximate surface area is 105 Å². The maximum Gasteiger partial charge on any atom is 0.264 e. The zero-order valence-electron chi connectivity index (χ0n) is 10.3. The van der Waals surface area contributed by atoms with Crippen molar-refractivity contribution in [1.82, 2.24) is 10.1 Å². The fourth-order valence-corrected chi connectivity index (χ4v) is 2.14. The molecule has 2 heterocycles. The van der Waals surface area contributed by atoms with Gasteiger partial charge in [-0.3, -0.25) is 0 Å². The van der Waals surface area contributed by atoms with E-state index in [0.717, 1.165) is 24.4 Å². The number of anilines is 1. The molecule has 0 radical (unpaired) electrons. The van der Waals surface area contributed by atoms with Gasteiger partial charge >= 0.3 is 0 Å². The molecule has 0 saturated carbocycles. The van der Waals surface area contributed by atoms with E-state index in [1.54, 1.807) is 6.92 Å².